The van der Waals surface area contributed by atoms with E-state index in [1.54, 1.807) is 54.3 Å². The van der Waals surface area contributed by atoms with Gasteiger partial charge in [0.1, 0.15) is 5.69 Å². The number of carbonyl (C=O) groups excluding carboxylic acids is 1. The highest BCUT2D eigenvalue weighted by Crippen LogP contribution is 2.33. The Morgan fingerprint density at radius 2 is 1.70 bits per heavy atom. The molecule has 0 fully saturated rings. The third-order valence-corrected chi connectivity index (χ3v) is 8.59. The van der Waals surface area contributed by atoms with Crippen LogP contribution in [-0.2, 0) is 23.1 Å². The Labute approximate surface area is 215 Å². The van der Waals surface area contributed by atoms with Crippen molar-refractivity contribution < 1.29 is 18.3 Å². The van der Waals surface area contributed by atoms with E-state index in [2.05, 4.69) is 9.97 Å². The van der Waals surface area contributed by atoms with Crippen molar-refractivity contribution in [1.29, 1.82) is 0 Å². The normalized spacial score (nSPS) is 13.3. The van der Waals surface area contributed by atoms with E-state index in [0.717, 1.165) is 11.1 Å². The zero-order valence-corrected chi connectivity index (χ0v) is 21.1. The molecule has 0 bridgehead atoms. The summed E-state index contributed by atoms with van der Waals surface area (Å²) >= 11 is 0. The molecule has 0 radical (unpaired) electrons. The zero-order valence-electron chi connectivity index (χ0n) is 20.3. The molecule has 0 spiro atoms. The average Bonchev–Trinajstić information content (AvgIpc) is 3.35. The van der Waals surface area contributed by atoms with Crippen molar-refractivity contribution in [1.82, 2.24) is 19.2 Å². The van der Waals surface area contributed by atoms with Crippen LogP contribution in [0.1, 0.15) is 28.5 Å². The molecule has 0 saturated heterocycles. The fourth-order valence-electron chi connectivity index (χ4n) is 4.73. The summed E-state index contributed by atoms with van der Waals surface area (Å²) < 4.78 is 28.1. The minimum absolute atomic E-state index is 0.00508. The lowest BCUT2D eigenvalue weighted by Gasteiger charge is -2.21. The van der Waals surface area contributed by atoms with E-state index in [4.69, 9.17) is 5.73 Å². The van der Waals surface area contributed by atoms with Crippen molar-refractivity contribution >= 4 is 32.8 Å². The van der Waals surface area contributed by atoms with Gasteiger partial charge in [-0.05, 0) is 34.9 Å². The number of fused-ring (bicyclic) bond motifs is 2. The summed E-state index contributed by atoms with van der Waals surface area (Å²) in [4.78, 5) is 24.0. The first-order valence-electron chi connectivity index (χ1n) is 12.0. The van der Waals surface area contributed by atoms with Crippen LogP contribution in [0.3, 0.4) is 0 Å². The van der Waals surface area contributed by atoms with Gasteiger partial charge in [-0.1, -0.05) is 55.5 Å². The van der Waals surface area contributed by atoms with E-state index >= 15 is 0 Å². The molecule has 1 amide bonds. The van der Waals surface area contributed by atoms with Gasteiger partial charge >= 0.3 is 0 Å². The topological polar surface area (TPSA) is 130 Å². The van der Waals surface area contributed by atoms with E-state index in [9.17, 15) is 18.3 Å². The summed E-state index contributed by atoms with van der Waals surface area (Å²) in [5, 5.41) is 9.86. The SMILES string of the molecule is CCN(CCO)S(=O)(=O)c1ccccc1-c1ccc2nc(N)nc(C(=O)N3Cc4ccccc4C3)c2c1. The van der Waals surface area contributed by atoms with Gasteiger partial charge in [-0.2, -0.15) is 4.31 Å². The Balaban J connectivity index is 1.60. The summed E-state index contributed by atoms with van der Waals surface area (Å²) in [6.45, 7) is 2.60. The minimum atomic E-state index is -3.88. The Bertz CT molecular complexity index is 1580. The highest BCUT2D eigenvalue weighted by Gasteiger charge is 2.28. The maximum Gasteiger partial charge on any atom is 0.273 e. The van der Waals surface area contributed by atoms with Crippen molar-refractivity contribution in [3.8, 4) is 11.1 Å². The number of benzene rings is 3. The first-order chi connectivity index (χ1) is 17.8. The molecule has 10 heteroatoms. The summed E-state index contributed by atoms with van der Waals surface area (Å²) in [5.74, 6) is -0.278. The molecule has 37 heavy (non-hydrogen) atoms. The summed E-state index contributed by atoms with van der Waals surface area (Å²) in [6, 6.07) is 19.8. The molecule has 0 atom stereocenters. The van der Waals surface area contributed by atoms with Crippen molar-refractivity contribution in [3.05, 3.63) is 83.6 Å². The van der Waals surface area contributed by atoms with Crippen LogP contribution in [0.5, 0.6) is 0 Å². The fraction of sp³-hybridized carbons (Fsp3) is 0.222. The van der Waals surface area contributed by atoms with Gasteiger partial charge in [0, 0.05) is 37.1 Å². The van der Waals surface area contributed by atoms with Crippen molar-refractivity contribution in [2.24, 2.45) is 0 Å². The number of amides is 1. The smallest absolute Gasteiger partial charge is 0.273 e. The van der Waals surface area contributed by atoms with Crippen molar-refractivity contribution in [3.63, 3.8) is 0 Å². The summed E-state index contributed by atoms with van der Waals surface area (Å²) in [6.07, 6.45) is 0. The number of hydrogen-bond acceptors (Lipinski definition) is 7. The molecule has 0 aliphatic carbocycles. The van der Waals surface area contributed by atoms with Gasteiger partial charge in [0.05, 0.1) is 17.0 Å². The molecule has 1 aliphatic rings. The molecule has 1 aliphatic heterocycles. The van der Waals surface area contributed by atoms with Crippen molar-refractivity contribution in [2.45, 2.75) is 24.9 Å². The van der Waals surface area contributed by atoms with Crippen LogP contribution in [0.25, 0.3) is 22.0 Å². The number of nitrogens with two attached hydrogens (primary N) is 1. The molecule has 4 aromatic rings. The Morgan fingerprint density at radius 1 is 1.03 bits per heavy atom. The van der Waals surface area contributed by atoms with Crippen molar-refractivity contribution in [2.75, 3.05) is 25.4 Å². The van der Waals surface area contributed by atoms with Crippen LogP contribution in [-0.4, -0.2) is 58.3 Å². The first-order valence-corrected chi connectivity index (χ1v) is 13.4. The van der Waals surface area contributed by atoms with E-state index < -0.39 is 10.0 Å². The van der Waals surface area contributed by atoms with Gasteiger partial charge in [0.15, 0.2) is 0 Å². The number of likely N-dealkylation sites (N-methyl/N-ethyl adjacent to an activating group) is 1. The largest absolute Gasteiger partial charge is 0.395 e. The molecular formula is C27H27N5O4S. The Morgan fingerprint density at radius 3 is 2.38 bits per heavy atom. The van der Waals surface area contributed by atoms with Crippen LogP contribution in [0.15, 0.2) is 71.6 Å². The standard InChI is InChI=1S/C27H27N5O4S/c1-2-32(13-14-33)37(35,36)24-10-6-5-9-21(24)18-11-12-23-22(15-18)25(30-27(28)29-23)26(34)31-16-19-7-3-4-8-20(19)17-31/h3-12,15,33H,2,13-14,16-17H2,1H3,(H2,28,29,30). The fourth-order valence-corrected chi connectivity index (χ4v) is 6.39. The Hall–Kier alpha value is -3.86. The van der Waals surface area contributed by atoms with Gasteiger partial charge < -0.3 is 15.7 Å². The molecule has 3 aromatic carbocycles. The van der Waals surface area contributed by atoms with Gasteiger partial charge in [-0.25, -0.2) is 18.4 Å². The monoisotopic (exact) mass is 517 g/mol. The number of aliphatic hydroxyl groups is 1. The van der Waals surface area contributed by atoms with E-state index in [-0.39, 0.29) is 42.1 Å². The quantitative estimate of drug-likeness (QED) is 0.385. The number of hydrogen-bond donors (Lipinski definition) is 2. The lowest BCUT2D eigenvalue weighted by atomic mass is 10.0. The van der Waals surface area contributed by atoms with Crippen LogP contribution in [0, 0.1) is 0 Å². The molecule has 1 aromatic heterocycles. The van der Waals surface area contributed by atoms with E-state index in [1.165, 1.54) is 4.31 Å². The highest BCUT2D eigenvalue weighted by atomic mass is 32.2. The number of nitrogen functional groups attached to an aromatic ring is 1. The second-order valence-corrected chi connectivity index (χ2v) is 10.7. The summed E-state index contributed by atoms with van der Waals surface area (Å²) in [7, 11) is -3.88. The number of anilines is 1. The molecule has 5 rings (SSSR count). The molecule has 3 N–H and O–H groups in total. The lowest BCUT2D eigenvalue weighted by molar-refractivity contribution is 0.0747. The predicted octanol–water partition coefficient (Wildman–Crippen LogP) is 3.04. The number of sulfonamides is 1. The van der Waals surface area contributed by atoms with E-state index in [0.29, 0.717) is 35.1 Å². The third kappa shape index (κ3) is 4.55. The number of carbonyl (C=O) groups is 1. The van der Waals surface area contributed by atoms with Crippen LogP contribution in [0.4, 0.5) is 5.95 Å². The predicted molar refractivity (Wildman–Crippen MR) is 141 cm³/mol. The number of nitrogens with zero attached hydrogens (tertiary/aromatic N) is 4. The number of aliphatic hydroxyl groups excluding tert-OH is 1. The third-order valence-electron chi connectivity index (χ3n) is 6.56. The molecular weight excluding hydrogens is 490 g/mol. The van der Waals surface area contributed by atoms with Gasteiger partial charge in [-0.15, -0.1) is 0 Å². The average molecular weight is 518 g/mol. The number of aromatic nitrogens is 2. The second kappa shape index (κ2) is 9.89. The zero-order chi connectivity index (χ0) is 26.2. The van der Waals surface area contributed by atoms with Crippen LogP contribution in [0.2, 0.25) is 0 Å². The number of rotatable bonds is 7. The highest BCUT2D eigenvalue weighted by molar-refractivity contribution is 7.89. The second-order valence-electron chi connectivity index (χ2n) is 8.81. The van der Waals surface area contributed by atoms with E-state index in [1.807, 2.05) is 24.3 Å². The van der Waals surface area contributed by atoms with Gasteiger partial charge in [0.2, 0.25) is 16.0 Å². The van der Waals surface area contributed by atoms with Gasteiger partial charge in [0.25, 0.3) is 5.91 Å². The maximum absolute atomic E-state index is 13.6. The maximum atomic E-state index is 13.6. The first kappa shape index (κ1) is 24.8. The molecule has 9 nitrogen and oxygen atoms in total. The molecule has 0 unspecified atom stereocenters. The minimum Gasteiger partial charge on any atom is -0.395 e. The van der Waals surface area contributed by atoms with Gasteiger partial charge in [-0.3, -0.25) is 4.79 Å². The molecule has 190 valence electrons. The molecule has 0 saturated carbocycles. The molecule has 2 heterocycles. The Kier molecular flexibility index (Phi) is 6.63. The van der Waals surface area contributed by atoms with Crippen LogP contribution >= 0.6 is 0 Å². The van der Waals surface area contributed by atoms with Crippen LogP contribution < -0.4 is 5.73 Å². The summed E-state index contributed by atoms with van der Waals surface area (Å²) in [5.41, 5.74) is 9.87. The lowest BCUT2D eigenvalue weighted by Crippen LogP contribution is -2.33.